The summed E-state index contributed by atoms with van der Waals surface area (Å²) in [6, 6.07) is 8.87. The lowest BCUT2D eigenvalue weighted by atomic mass is 10.3. The standard InChI is InChI=1S/C13H15N3O2/c14-6-9-18-12-5-3-4-11(10-12)15-13(17)16-7-1-2-8-16/h3-5,10H,1-2,7-9H2,(H,15,17). The van der Waals surface area contributed by atoms with Crippen LogP contribution in [0.3, 0.4) is 0 Å². The average Bonchev–Trinajstić information content (AvgIpc) is 2.91. The monoisotopic (exact) mass is 245 g/mol. The molecule has 1 N–H and O–H groups in total. The smallest absolute Gasteiger partial charge is 0.321 e. The molecule has 0 atom stereocenters. The zero-order valence-electron chi connectivity index (χ0n) is 10.1. The molecule has 0 aromatic heterocycles. The molecule has 0 spiro atoms. The topological polar surface area (TPSA) is 65.4 Å². The molecule has 1 aliphatic rings. The Labute approximate surface area is 106 Å². The summed E-state index contributed by atoms with van der Waals surface area (Å²) >= 11 is 0. The van der Waals surface area contributed by atoms with E-state index in [1.807, 2.05) is 6.07 Å². The summed E-state index contributed by atoms with van der Waals surface area (Å²) < 4.78 is 5.18. The SMILES string of the molecule is N#CCOc1cccc(NC(=O)N2CCCC2)c1. The highest BCUT2D eigenvalue weighted by Crippen LogP contribution is 2.18. The van der Waals surface area contributed by atoms with Gasteiger partial charge >= 0.3 is 6.03 Å². The van der Waals surface area contributed by atoms with Gasteiger partial charge < -0.3 is 15.0 Å². The number of carbonyl (C=O) groups excluding carboxylic acids is 1. The third-order valence-electron chi connectivity index (χ3n) is 2.78. The molecule has 5 nitrogen and oxygen atoms in total. The van der Waals surface area contributed by atoms with E-state index in [9.17, 15) is 4.79 Å². The summed E-state index contributed by atoms with van der Waals surface area (Å²) in [6.45, 7) is 1.64. The maximum Gasteiger partial charge on any atom is 0.321 e. The number of nitrogens with one attached hydrogen (secondary N) is 1. The van der Waals surface area contributed by atoms with E-state index in [-0.39, 0.29) is 12.6 Å². The van der Waals surface area contributed by atoms with Crippen LogP contribution in [0.15, 0.2) is 24.3 Å². The van der Waals surface area contributed by atoms with Crippen LogP contribution in [0, 0.1) is 11.3 Å². The van der Waals surface area contributed by atoms with Gasteiger partial charge in [-0.25, -0.2) is 4.79 Å². The number of hydrogen-bond donors (Lipinski definition) is 1. The summed E-state index contributed by atoms with van der Waals surface area (Å²) in [6.07, 6.45) is 2.14. The summed E-state index contributed by atoms with van der Waals surface area (Å²) in [5.41, 5.74) is 0.683. The molecule has 1 aliphatic heterocycles. The van der Waals surface area contributed by atoms with Crippen molar-refractivity contribution < 1.29 is 9.53 Å². The first-order valence-electron chi connectivity index (χ1n) is 5.95. The van der Waals surface area contributed by atoms with Crippen LogP contribution < -0.4 is 10.1 Å². The minimum Gasteiger partial charge on any atom is -0.479 e. The van der Waals surface area contributed by atoms with Gasteiger partial charge in [-0.05, 0) is 25.0 Å². The number of carbonyl (C=O) groups is 1. The van der Waals surface area contributed by atoms with Crippen LogP contribution >= 0.6 is 0 Å². The molecule has 1 saturated heterocycles. The van der Waals surface area contributed by atoms with Gasteiger partial charge in [-0.1, -0.05) is 6.07 Å². The van der Waals surface area contributed by atoms with E-state index < -0.39 is 0 Å². The van der Waals surface area contributed by atoms with Crippen LogP contribution in [0.1, 0.15) is 12.8 Å². The van der Waals surface area contributed by atoms with Gasteiger partial charge in [0.15, 0.2) is 6.61 Å². The van der Waals surface area contributed by atoms with Crippen LogP contribution in [-0.2, 0) is 0 Å². The van der Waals surface area contributed by atoms with Crippen molar-refractivity contribution in [2.75, 3.05) is 25.0 Å². The van der Waals surface area contributed by atoms with Crippen molar-refractivity contribution in [2.24, 2.45) is 0 Å². The van der Waals surface area contributed by atoms with Gasteiger partial charge in [0.1, 0.15) is 11.8 Å². The van der Waals surface area contributed by atoms with Gasteiger partial charge in [0.05, 0.1) is 0 Å². The van der Waals surface area contributed by atoms with Crippen molar-refractivity contribution >= 4 is 11.7 Å². The molecule has 0 unspecified atom stereocenters. The van der Waals surface area contributed by atoms with Gasteiger partial charge in [-0.3, -0.25) is 0 Å². The first kappa shape index (κ1) is 12.2. The predicted molar refractivity (Wildman–Crippen MR) is 67.4 cm³/mol. The number of urea groups is 1. The van der Waals surface area contributed by atoms with Gasteiger partial charge in [0.25, 0.3) is 0 Å². The van der Waals surface area contributed by atoms with Gasteiger partial charge in [0, 0.05) is 24.8 Å². The Morgan fingerprint density at radius 3 is 2.94 bits per heavy atom. The minimum atomic E-state index is -0.0788. The Kier molecular flexibility index (Phi) is 4.02. The van der Waals surface area contributed by atoms with Crippen LogP contribution in [0.4, 0.5) is 10.5 Å². The molecular formula is C13H15N3O2. The number of nitrogens with zero attached hydrogens (tertiary/aromatic N) is 2. The number of hydrogen-bond acceptors (Lipinski definition) is 3. The number of amides is 2. The fourth-order valence-electron chi connectivity index (χ4n) is 1.90. The van der Waals surface area contributed by atoms with Crippen molar-refractivity contribution in [3.8, 4) is 11.8 Å². The molecule has 2 amide bonds. The largest absolute Gasteiger partial charge is 0.479 e. The minimum absolute atomic E-state index is 0.00350. The second kappa shape index (κ2) is 5.92. The zero-order valence-corrected chi connectivity index (χ0v) is 10.1. The highest BCUT2D eigenvalue weighted by molar-refractivity contribution is 5.89. The van der Waals surface area contributed by atoms with E-state index in [2.05, 4.69) is 5.32 Å². The maximum absolute atomic E-state index is 11.9. The van der Waals surface area contributed by atoms with Gasteiger partial charge in [0.2, 0.25) is 0 Å². The fraction of sp³-hybridized carbons (Fsp3) is 0.385. The van der Waals surface area contributed by atoms with E-state index in [0.717, 1.165) is 25.9 Å². The highest BCUT2D eigenvalue weighted by Gasteiger charge is 2.17. The Morgan fingerprint density at radius 2 is 2.22 bits per heavy atom. The lowest BCUT2D eigenvalue weighted by molar-refractivity contribution is 0.222. The Morgan fingerprint density at radius 1 is 1.44 bits per heavy atom. The lowest BCUT2D eigenvalue weighted by Gasteiger charge is -2.16. The number of anilines is 1. The van der Waals surface area contributed by atoms with Crippen molar-refractivity contribution in [1.82, 2.24) is 4.90 Å². The molecule has 18 heavy (non-hydrogen) atoms. The normalized spacial score (nSPS) is 14.1. The predicted octanol–water partition coefficient (Wildman–Crippen LogP) is 2.22. The third-order valence-corrected chi connectivity index (χ3v) is 2.78. The number of benzene rings is 1. The van der Waals surface area contributed by atoms with E-state index in [1.165, 1.54) is 0 Å². The average molecular weight is 245 g/mol. The summed E-state index contributed by atoms with van der Waals surface area (Å²) in [5.74, 6) is 0.579. The number of nitriles is 1. The van der Waals surface area contributed by atoms with E-state index in [4.69, 9.17) is 10.00 Å². The number of likely N-dealkylation sites (tertiary alicyclic amines) is 1. The second-order valence-electron chi connectivity index (χ2n) is 4.10. The molecule has 1 heterocycles. The highest BCUT2D eigenvalue weighted by atomic mass is 16.5. The number of rotatable bonds is 3. The fourth-order valence-corrected chi connectivity index (χ4v) is 1.90. The van der Waals surface area contributed by atoms with Crippen molar-refractivity contribution in [3.05, 3.63) is 24.3 Å². The summed E-state index contributed by atoms with van der Waals surface area (Å²) in [4.78, 5) is 13.7. The number of ether oxygens (including phenoxy) is 1. The molecular weight excluding hydrogens is 230 g/mol. The molecule has 0 aliphatic carbocycles. The Bertz CT molecular complexity index is 462. The summed E-state index contributed by atoms with van der Waals surface area (Å²) in [7, 11) is 0. The van der Waals surface area contributed by atoms with Crippen molar-refractivity contribution in [3.63, 3.8) is 0 Å². The molecule has 1 aromatic rings. The molecule has 0 saturated carbocycles. The first-order valence-corrected chi connectivity index (χ1v) is 5.95. The maximum atomic E-state index is 11.9. The molecule has 2 rings (SSSR count). The van der Waals surface area contributed by atoms with Crippen LogP contribution in [0.25, 0.3) is 0 Å². The molecule has 94 valence electrons. The molecule has 0 bridgehead atoms. The molecule has 1 fully saturated rings. The molecule has 0 radical (unpaired) electrons. The van der Waals surface area contributed by atoms with Crippen LogP contribution in [-0.4, -0.2) is 30.6 Å². The van der Waals surface area contributed by atoms with E-state index in [0.29, 0.717) is 11.4 Å². The van der Waals surface area contributed by atoms with Crippen LogP contribution in [0.5, 0.6) is 5.75 Å². The summed E-state index contributed by atoms with van der Waals surface area (Å²) in [5, 5.41) is 11.3. The zero-order chi connectivity index (χ0) is 12.8. The van der Waals surface area contributed by atoms with Crippen LogP contribution in [0.2, 0.25) is 0 Å². The third kappa shape index (κ3) is 3.14. The lowest BCUT2D eigenvalue weighted by Crippen LogP contribution is -2.32. The first-order chi connectivity index (χ1) is 8.79. The van der Waals surface area contributed by atoms with E-state index in [1.54, 1.807) is 29.2 Å². The Balaban J connectivity index is 1.96. The second-order valence-corrected chi connectivity index (χ2v) is 4.10. The molecule has 1 aromatic carbocycles. The van der Waals surface area contributed by atoms with Gasteiger partial charge in [-0.15, -0.1) is 0 Å². The quantitative estimate of drug-likeness (QED) is 0.887. The Hall–Kier alpha value is -2.22. The van der Waals surface area contributed by atoms with E-state index >= 15 is 0 Å². The van der Waals surface area contributed by atoms with Gasteiger partial charge in [-0.2, -0.15) is 5.26 Å². The molecule has 5 heteroatoms. The van der Waals surface area contributed by atoms with Crippen molar-refractivity contribution in [2.45, 2.75) is 12.8 Å². The van der Waals surface area contributed by atoms with Crippen molar-refractivity contribution in [1.29, 1.82) is 5.26 Å².